The fraction of sp³-hybridized carbons (Fsp3) is 0.622. The van der Waals surface area contributed by atoms with E-state index in [4.69, 9.17) is 26.5 Å². The van der Waals surface area contributed by atoms with E-state index in [1.807, 2.05) is 6.92 Å². The molecule has 0 aromatic heterocycles. The number of fused-ring (bicyclic) bond motifs is 5. The van der Waals surface area contributed by atoms with E-state index in [0.717, 1.165) is 38.5 Å². The van der Waals surface area contributed by atoms with Gasteiger partial charge in [0.05, 0.1) is 11.7 Å². The number of benzene rings is 2. The molecule has 4 fully saturated rings. The molecule has 2 aromatic carbocycles. The first-order valence-corrected chi connectivity index (χ1v) is 22.6. The molecule has 0 radical (unpaired) electrons. The second-order valence-electron chi connectivity index (χ2n) is 18.7. The maximum absolute atomic E-state index is 14.4. The van der Waals surface area contributed by atoms with Crippen molar-refractivity contribution in [2.75, 3.05) is 13.6 Å². The van der Waals surface area contributed by atoms with Crippen LogP contribution in [0, 0.1) is 17.3 Å². The number of hydrogen-bond acceptors (Lipinski definition) is 12. The maximum Gasteiger partial charge on any atom is 0.497 e. The van der Waals surface area contributed by atoms with Crippen molar-refractivity contribution in [1.82, 2.24) is 26.2 Å². The quantitative estimate of drug-likeness (QED) is 0.0669. The number of nitrogens with one attached hydrogen (secondary N) is 4. The molecule has 2 aliphatic heterocycles. The third-order valence-electron chi connectivity index (χ3n) is 14.0. The molecule has 2 heterocycles. The Morgan fingerprint density at radius 3 is 2.33 bits per heavy atom. The molecule has 63 heavy (non-hydrogen) atoms. The van der Waals surface area contributed by atoms with Gasteiger partial charge in [-0.2, -0.15) is 0 Å². The van der Waals surface area contributed by atoms with Gasteiger partial charge in [-0.05, 0) is 105 Å². The van der Waals surface area contributed by atoms with Gasteiger partial charge in [0.1, 0.15) is 35.7 Å². The van der Waals surface area contributed by atoms with Crippen LogP contribution >= 0.6 is 0 Å². The Kier molecular flexibility index (Phi) is 15.1. The van der Waals surface area contributed by atoms with Crippen LogP contribution in [-0.2, 0) is 39.7 Å². The van der Waals surface area contributed by atoms with Crippen LogP contribution in [0.4, 0.5) is 0 Å². The predicted molar refractivity (Wildman–Crippen MR) is 237 cm³/mol. The average molecular weight is 875 g/mol. The van der Waals surface area contributed by atoms with E-state index in [0.29, 0.717) is 37.3 Å². The van der Waals surface area contributed by atoms with Crippen LogP contribution < -0.4 is 38.5 Å². The Labute approximate surface area is 370 Å². The Morgan fingerprint density at radius 1 is 0.937 bits per heavy atom. The zero-order chi connectivity index (χ0) is 45.8. The fourth-order valence-electron chi connectivity index (χ4n) is 10.1. The molecule has 17 nitrogen and oxygen atoms in total. The van der Waals surface area contributed by atoms with Crippen molar-refractivity contribution in [2.24, 2.45) is 34.5 Å². The number of nitrogens with zero attached hydrogens (tertiary/aromatic N) is 1. The second-order valence-corrected chi connectivity index (χ2v) is 18.7. The molecule has 3 saturated carbocycles. The van der Waals surface area contributed by atoms with E-state index in [9.17, 15) is 34.2 Å². The number of carbonyl (C=O) groups excluding carboxylic acids is 5. The summed E-state index contributed by atoms with van der Waals surface area (Å²) in [7, 11) is 0.449. The minimum atomic E-state index is -1.70. The van der Waals surface area contributed by atoms with Crippen molar-refractivity contribution in [2.45, 2.75) is 147 Å². The topological polar surface area (TPSA) is 274 Å². The lowest BCUT2D eigenvalue weighted by Gasteiger charge is -2.64. The molecule has 12 N–H and O–H groups in total. The zero-order valence-corrected chi connectivity index (χ0v) is 37.3. The summed E-state index contributed by atoms with van der Waals surface area (Å²) in [5.41, 5.74) is 19.1. The van der Waals surface area contributed by atoms with Crippen molar-refractivity contribution in [3.05, 3.63) is 47.5 Å². The number of rotatable bonds is 16. The summed E-state index contributed by atoms with van der Waals surface area (Å²) in [6, 6.07) is 3.90. The van der Waals surface area contributed by atoms with Gasteiger partial charge >= 0.3 is 7.12 Å². The lowest BCUT2D eigenvalue weighted by molar-refractivity contribution is -0.199. The third-order valence-corrected chi connectivity index (χ3v) is 14.0. The Hall–Kier alpha value is -4.75. The maximum atomic E-state index is 14.4. The molecule has 7 rings (SSSR count). The van der Waals surface area contributed by atoms with Crippen LogP contribution in [0.2, 0.25) is 0 Å². The highest BCUT2D eigenvalue weighted by Gasteiger charge is 2.68. The third kappa shape index (κ3) is 10.3. The predicted octanol–water partition coefficient (Wildman–Crippen LogP) is 2.35. The van der Waals surface area contributed by atoms with Crippen LogP contribution in [0.3, 0.4) is 0 Å². The van der Waals surface area contributed by atoms with E-state index in [2.05, 4.69) is 42.0 Å². The first-order chi connectivity index (χ1) is 29.9. The van der Waals surface area contributed by atoms with Gasteiger partial charge in [-0.25, -0.2) is 0 Å². The monoisotopic (exact) mass is 875 g/mol. The van der Waals surface area contributed by atoms with Gasteiger partial charge in [-0.3, -0.25) is 24.0 Å². The van der Waals surface area contributed by atoms with Crippen LogP contribution in [0.5, 0.6) is 11.5 Å². The normalized spacial score (nSPS) is 27.1. The molecule has 344 valence electrons. The molecule has 0 unspecified atom stereocenters. The van der Waals surface area contributed by atoms with Gasteiger partial charge in [0, 0.05) is 31.0 Å². The molecule has 0 spiro atoms. The Bertz CT molecular complexity index is 2020. The number of nitrogens with two attached hydrogens (primary N) is 3. The molecule has 1 saturated heterocycles. The molecule has 5 aliphatic rings. The number of likely N-dealkylation sites (N-methyl/N-ethyl adjacent to an activating group) is 1. The lowest BCUT2D eigenvalue weighted by Crippen LogP contribution is -2.65. The van der Waals surface area contributed by atoms with Gasteiger partial charge in [-0.15, -0.1) is 0 Å². The van der Waals surface area contributed by atoms with Crippen LogP contribution in [0.25, 0.3) is 11.1 Å². The molecule has 3 aliphatic carbocycles. The number of hydrogen-bond donors (Lipinski definition) is 9. The first kappa shape index (κ1) is 47.7. The van der Waals surface area contributed by atoms with Crippen LogP contribution in [0.1, 0.15) is 115 Å². The van der Waals surface area contributed by atoms with E-state index < -0.39 is 66.7 Å². The van der Waals surface area contributed by atoms with Crippen molar-refractivity contribution >= 4 is 36.7 Å². The number of phenols is 2. The zero-order valence-electron chi connectivity index (χ0n) is 37.3. The van der Waals surface area contributed by atoms with Gasteiger partial charge < -0.3 is 62.9 Å². The fourth-order valence-corrected chi connectivity index (χ4v) is 10.1. The smallest absolute Gasteiger partial charge is 0.497 e. The minimum absolute atomic E-state index is 0.0877. The van der Waals surface area contributed by atoms with Crippen LogP contribution in [-0.4, -0.2) is 101 Å². The molecule has 6 bridgehead atoms. The molecule has 9 atom stereocenters. The van der Waals surface area contributed by atoms with Crippen molar-refractivity contribution in [1.29, 1.82) is 0 Å². The summed E-state index contributed by atoms with van der Waals surface area (Å²) in [4.78, 5) is 70.9. The van der Waals surface area contributed by atoms with Gasteiger partial charge in [-0.1, -0.05) is 58.6 Å². The number of unbranched alkanes of at least 4 members (excludes halogenated alkanes) is 5. The minimum Gasteiger partial charge on any atom is -0.507 e. The van der Waals surface area contributed by atoms with Crippen LogP contribution in [0.15, 0.2) is 36.4 Å². The molecule has 18 heteroatoms. The van der Waals surface area contributed by atoms with Gasteiger partial charge in [0.15, 0.2) is 6.17 Å². The summed E-state index contributed by atoms with van der Waals surface area (Å²) >= 11 is 0. The highest BCUT2D eigenvalue weighted by molar-refractivity contribution is 6.47. The molecular formula is C45H67BN8O9. The number of amides is 5. The lowest BCUT2D eigenvalue weighted by atomic mass is 9.43. The molecule has 2 aromatic rings. The van der Waals surface area contributed by atoms with Crippen molar-refractivity contribution < 1.29 is 43.5 Å². The second kappa shape index (κ2) is 20.0. The Balaban J connectivity index is 1.26. The van der Waals surface area contributed by atoms with E-state index >= 15 is 0 Å². The number of carbonyl (C=O) groups is 5. The van der Waals surface area contributed by atoms with Gasteiger partial charge in [0.2, 0.25) is 23.6 Å². The number of aromatic hydroxyl groups is 2. The standard InChI is InChI=1S/C45H67BN8O9/c1-6-7-8-9-10-14-36(57)50-30(13-11-12-19-47)42(61)54(5)37-26-16-18-33(56)29(22-26)28-20-25(15-17-32(28)55)21-31(51-41(60)38(48)52-40(37)59)39(58)53-43(49)46-62-35-24-27-23-34(44(27,2)3)45(35,4)63-46/h15-18,20,22,27,30-31,34-35,37-38,43,55-56H,6-14,19,21,23-24,47-49H2,1-5H3,(H,50,57)(H,51,60)(H,52,59)(H,53,58)/t27-,30-,31-,34-,35+,37-,38+,43+,45-/m0/s1. The highest BCUT2D eigenvalue weighted by atomic mass is 16.7. The SMILES string of the molecule is CCCCCCCC(=O)N[C@@H](CCCCN)C(=O)N(C)[C@@H]1C(=O)N[C@@H](N)C(=O)N[C@H](C(=O)N[C@@H](N)B2O[C@@H]3C[C@@H]4C[C@@H](C4(C)C)[C@]3(C)O2)Cc2ccc(O)c(c2)-c2cc1ccc2O. The molecular weight excluding hydrogens is 807 g/mol. The van der Waals surface area contributed by atoms with E-state index in [-0.39, 0.29) is 70.8 Å². The molecule has 5 amide bonds. The first-order valence-electron chi connectivity index (χ1n) is 22.6. The van der Waals surface area contributed by atoms with E-state index in [1.54, 1.807) is 12.1 Å². The summed E-state index contributed by atoms with van der Waals surface area (Å²) in [6.45, 7) is 9.00. The van der Waals surface area contributed by atoms with Gasteiger partial charge in [0.25, 0.3) is 5.91 Å². The summed E-state index contributed by atoms with van der Waals surface area (Å²) in [5, 5.41) is 33.1. The van der Waals surface area contributed by atoms with E-state index in [1.165, 1.54) is 36.2 Å². The largest absolute Gasteiger partial charge is 0.507 e. The highest BCUT2D eigenvalue weighted by Crippen LogP contribution is 2.65. The van der Waals surface area contributed by atoms with Crippen molar-refractivity contribution in [3.8, 4) is 22.6 Å². The Morgan fingerprint density at radius 2 is 1.63 bits per heavy atom. The summed E-state index contributed by atoms with van der Waals surface area (Å²) in [6.07, 6.45) is 6.15. The average Bonchev–Trinajstić information content (AvgIpc) is 3.61. The summed E-state index contributed by atoms with van der Waals surface area (Å²) < 4.78 is 12.8. The van der Waals surface area contributed by atoms with Crippen molar-refractivity contribution in [3.63, 3.8) is 0 Å². The summed E-state index contributed by atoms with van der Waals surface area (Å²) in [5.74, 6) is -3.04. The number of phenolic OH excluding ortho intramolecular Hbond substituents is 2.